The Morgan fingerprint density at radius 3 is 2.43 bits per heavy atom. The van der Waals surface area contributed by atoms with Crippen LogP contribution in [0.25, 0.3) is 11.4 Å². The Morgan fingerprint density at radius 1 is 0.952 bits per heavy atom. The molecule has 21 heavy (non-hydrogen) atoms. The molecule has 2 aromatic carbocycles. The summed E-state index contributed by atoms with van der Waals surface area (Å²) in [6.07, 6.45) is 1.72. The van der Waals surface area contributed by atoms with E-state index in [0.717, 1.165) is 16.9 Å². The van der Waals surface area contributed by atoms with Gasteiger partial charge in [0.1, 0.15) is 17.3 Å². The number of hydrogen-bond acceptors (Lipinski definition) is 4. The molecule has 0 aliphatic carbocycles. The first kappa shape index (κ1) is 13.1. The standard InChI is InChI=1S/C17H15N3O/c1-12-11-19-17(20-16(12)18)14-9-5-6-10-15(14)21-13-7-3-2-4-8-13/h2-11H,1H3,(H2,18,19,20). The Morgan fingerprint density at radius 2 is 1.67 bits per heavy atom. The first-order chi connectivity index (χ1) is 10.2. The highest BCUT2D eigenvalue weighted by Crippen LogP contribution is 2.31. The molecule has 0 aliphatic heterocycles. The maximum atomic E-state index is 5.91. The summed E-state index contributed by atoms with van der Waals surface area (Å²) in [7, 11) is 0. The number of hydrogen-bond donors (Lipinski definition) is 1. The molecular weight excluding hydrogens is 262 g/mol. The van der Waals surface area contributed by atoms with Gasteiger partial charge in [0, 0.05) is 11.8 Å². The summed E-state index contributed by atoms with van der Waals surface area (Å²) in [4.78, 5) is 8.67. The van der Waals surface area contributed by atoms with Gasteiger partial charge < -0.3 is 10.5 Å². The molecule has 104 valence electrons. The first-order valence-electron chi connectivity index (χ1n) is 6.65. The van der Waals surface area contributed by atoms with Crippen LogP contribution in [0.4, 0.5) is 5.82 Å². The normalized spacial score (nSPS) is 10.3. The van der Waals surface area contributed by atoms with Gasteiger partial charge in [0.15, 0.2) is 5.82 Å². The van der Waals surface area contributed by atoms with E-state index in [9.17, 15) is 0 Å². The molecule has 1 aromatic heterocycles. The minimum atomic E-state index is 0.481. The van der Waals surface area contributed by atoms with Crippen molar-refractivity contribution in [2.24, 2.45) is 0 Å². The zero-order valence-electron chi connectivity index (χ0n) is 11.7. The average Bonchev–Trinajstić information content (AvgIpc) is 2.52. The van der Waals surface area contributed by atoms with Crippen molar-refractivity contribution in [3.8, 4) is 22.9 Å². The fourth-order valence-electron chi connectivity index (χ4n) is 1.94. The van der Waals surface area contributed by atoms with E-state index in [2.05, 4.69) is 9.97 Å². The molecule has 4 nitrogen and oxygen atoms in total. The Labute approximate surface area is 123 Å². The summed E-state index contributed by atoms with van der Waals surface area (Å²) in [5.41, 5.74) is 7.54. The van der Waals surface area contributed by atoms with E-state index >= 15 is 0 Å². The smallest absolute Gasteiger partial charge is 0.165 e. The summed E-state index contributed by atoms with van der Waals surface area (Å²) in [5, 5.41) is 0. The van der Waals surface area contributed by atoms with Crippen molar-refractivity contribution in [2.75, 3.05) is 5.73 Å². The van der Waals surface area contributed by atoms with Crippen LogP contribution in [-0.2, 0) is 0 Å². The number of ether oxygens (including phenoxy) is 1. The molecule has 3 aromatic rings. The Bertz CT molecular complexity index is 757. The van der Waals surface area contributed by atoms with Crippen molar-refractivity contribution < 1.29 is 4.74 Å². The van der Waals surface area contributed by atoms with E-state index in [0.29, 0.717) is 17.4 Å². The quantitative estimate of drug-likeness (QED) is 0.790. The van der Waals surface area contributed by atoms with E-state index in [4.69, 9.17) is 10.5 Å². The van der Waals surface area contributed by atoms with Gasteiger partial charge in [-0.15, -0.1) is 0 Å². The summed E-state index contributed by atoms with van der Waals surface area (Å²) in [6, 6.07) is 17.3. The number of anilines is 1. The van der Waals surface area contributed by atoms with Crippen LogP contribution in [-0.4, -0.2) is 9.97 Å². The van der Waals surface area contributed by atoms with Crippen molar-refractivity contribution >= 4 is 5.82 Å². The lowest BCUT2D eigenvalue weighted by molar-refractivity contribution is 0.484. The minimum absolute atomic E-state index is 0.481. The van der Waals surface area contributed by atoms with Crippen LogP contribution in [0.5, 0.6) is 11.5 Å². The third kappa shape index (κ3) is 2.84. The molecular formula is C17H15N3O. The monoisotopic (exact) mass is 277 g/mol. The van der Waals surface area contributed by atoms with Crippen LogP contribution in [0.1, 0.15) is 5.56 Å². The third-order valence-electron chi connectivity index (χ3n) is 3.11. The molecule has 0 saturated carbocycles. The van der Waals surface area contributed by atoms with Crippen LogP contribution >= 0.6 is 0 Å². The van der Waals surface area contributed by atoms with E-state index in [1.54, 1.807) is 6.20 Å². The van der Waals surface area contributed by atoms with Crippen molar-refractivity contribution in [3.05, 3.63) is 66.4 Å². The van der Waals surface area contributed by atoms with Crippen LogP contribution in [0.15, 0.2) is 60.8 Å². The number of aryl methyl sites for hydroxylation is 1. The van der Waals surface area contributed by atoms with Crippen LogP contribution in [0.3, 0.4) is 0 Å². The number of nitrogens with two attached hydrogens (primary N) is 1. The number of aromatic nitrogens is 2. The van der Waals surface area contributed by atoms with E-state index in [1.807, 2.05) is 61.5 Å². The second-order valence-electron chi connectivity index (χ2n) is 4.67. The second kappa shape index (κ2) is 5.63. The fraction of sp³-hybridized carbons (Fsp3) is 0.0588. The Kier molecular flexibility index (Phi) is 3.51. The maximum Gasteiger partial charge on any atom is 0.165 e. The number of benzene rings is 2. The summed E-state index contributed by atoms with van der Waals surface area (Å²) >= 11 is 0. The molecule has 1 heterocycles. The fourth-order valence-corrected chi connectivity index (χ4v) is 1.94. The largest absolute Gasteiger partial charge is 0.457 e. The first-order valence-corrected chi connectivity index (χ1v) is 6.65. The molecule has 0 bridgehead atoms. The molecule has 0 unspecified atom stereocenters. The van der Waals surface area contributed by atoms with E-state index in [1.165, 1.54) is 0 Å². The SMILES string of the molecule is Cc1cnc(-c2ccccc2Oc2ccccc2)nc1N. The lowest BCUT2D eigenvalue weighted by atomic mass is 10.2. The third-order valence-corrected chi connectivity index (χ3v) is 3.11. The van der Waals surface area contributed by atoms with Gasteiger partial charge >= 0.3 is 0 Å². The lowest BCUT2D eigenvalue weighted by Crippen LogP contribution is -1.99. The van der Waals surface area contributed by atoms with Gasteiger partial charge in [-0.05, 0) is 31.2 Å². The summed E-state index contributed by atoms with van der Waals surface area (Å²) in [5.74, 6) is 2.51. The maximum absolute atomic E-state index is 5.91. The highest BCUT2D eigenvalue weighted by atomic mass is 16.5. The minimum Gasteiger partial charge on any atom is -0.457 e. The number of para-hydroxylation sites is 2. The predicted molar refractivity (Wildman–Crippen MR) is 83.1 cm³/mol. The summed E-state index contributed by atoms with van der Waals surface area (Å²) < 4.78 is 5.91. The molecule has 4 heteroatoms. The average molecular weight is 277 g/mol. The highest BCUT2D eigenvalue weighted by molar-refractivity contribution is 5.66. The van der Waals surface area contributed by atoms with Gasteiger partial charge in [-0.2, -0.15) is 0 Å². The zero-order chi connectivity index (χ0) is 14.7. The molecule has 0 amide bonds. The Hall–Kier alpha value is -2.88. The van der Waals surface area contributed by atoms with Gasteiger partial charge in [0.2, 0.25) is 0 Å². The second-order valence-corrected chi connectivity index (χ2v) is 4.67. The van der Waals surface area contributed by atoms with Crippen LogP contribution < -0.4 is 10.5 Å². The Balaban J connectivity index is 2.01. The van der Waals surface area contributed by atoms with Gasteiger partial charge in [-0.1, -0.05) is 30.3 Å². The van der Waals surface area contributed by atoms with Gasteiger partial charge in [0.05, 0.1) is 5.56 Å². The number of rotatable bonds is 3. The summed E-state index contributed by atoms with van der Waals surface area (Å²) in [6.45, 7) is 1.88. The van der Waals surface area contributed by atoms with Gasteiger partial charge in [0.25, 0.3) is 0 Å². The van der Waals surface area contributed by atoms with E-state index < -0.39 is 0 Å². The van der Waals surface area contributed by atoms with Gasteiger partial charge in [-0.25, -0.2) is 9.97 Å². The lowest BCUT2D eigenvalue weighted by Gasteiger charge is -2.10. The molecule has 0 spiro atoms. The van der Waals surface area contributed by atoms with Crippen molar-refractivity contribution in [3.63, 3.8) is 0 Å². The van der Waals surface area contributed by atoms with Gasteiger partial charge in [-0.3, -0.25) is 0 Å². The predicted octanol–water partition coefficient (Wildman–Crippen LogP) is 3.83. The highest BCUT2D eigenvalue weighted by Gasteiger charge is 2.10. The molecule has 0 radical (unpaired) electrons. The van der Waals surface area contributed by atoms with Crippen LogP contribution in [0.2, 0.25) is 0 Å². The molecule has 0 aliphatic rings. The van der Waals surface area contributed by atoms with Crippen LogP contribution in [0, 0.1) is 6.92 Å². The van der Waals surface area contributed by atoms with Crippen molar-refractivity contribution in [2.45, 2.75) is 6.92 Å². The van der Waals surface area contributed by atoms with E-state index in [-0.39, 0.29) is 0 Å². The van der Waals surface area contributed by atoms with Crippen molar-refractivity contribution in [1.29, 1.82) is 0 Å². The molecule has 0 saturated heterocycles. The van der Waals surface area contributed by atoms with Crippen molar-refractivity contribution in [1.82, 2.24) is 9.97 Å². The number of nitrogen functional groups attached to an aromatic ring is 1. The zero-order valence-corrected chi connectivity index (χ0v) is 11.7. The molecule has 2 N–H and O–H groups in total. The molecule has 0 atom stereocenters. The number of nitrogens with zero attached hydrogens (tertiary/aromatic N) is 2. The molecule has 0 fully saturated rings. The topological polar surface area (TPSA) is 61.0 Å². The molecule has 3 rings (SSSR count).